The van der Waals surface area contributed by atoms with Crippen LogP contribution >= 0.6 is 0 Å². The van der Waals surface area contributed by atoms with Gasteiger partial charge in [-0.2, -0.15) is 0 Å². The van der Waals surface area contributed by atoms with Gasteiger partial charge < -0.3 is 25.4 Å². The number of amides is 3. The number of alkyl halides is 3. The van der Waals surface area contributed by atoms with Gasteiger partial charge in [0, 0.05) is 17.8 Å². The van der Waals surface area contributed by atoms with Crippen LogP contribution in [0.2, 0.25) is 0 Å². The molecular weight excluding hydrogens is 503 g/mol. The average Bonchev–Trinajstić information content (AvgIpc) is 2.89. The summed E-state index contributed by atoms with van der Waals surface area (Å²) in [6, 6.07) is 17.1. The summed E-state index contributed by atoms with van der Waals surface area (Å²) in [5.41, 5.74) is 2.24. The molecule has 38 heavy (non-hydrogen) atoms. The van der Waals surface area contributed by atoms with Crippen LogP contribution < -0.4 is 15.4 Å². The van der Waals surface area contributed by atoms with Gasteiger partial charge in [-0.25, -0.2) is 9.59 Å². The van der Waals surface area contributed by atoms with E-state index in [4.69, 9.17) is 0 Å². The lowest BCUT2D eigenvalue weighted by Gasteiger charge is -2.33. The van der Waals surface area contributed by atoms with Crippen LogP contribution in [-0.2, 0) is 4.79 Å². The maximum Gasteiger partial charge on any atom is 0.573 e. The van der Waals surface area contributed by atoms with Crippen LogP contribution in [0.25, 0.3) is 11.1 Å². The number of benzene rings is 3. The Bertz CT molecular complexity index is 1310. The number of hydrogen-bond acceptors (Lipinski definition) is 4. The summed E-state index contributed by atoms with van der Waals surface area (Å²) in [4.78, 5) is 38.1. The van der Waals surface area contributed by atoms with E-state index in [0.717, 1.165) is 30.0 Å². The first-order chi connectivity index (χ1) is 18.1. The molecule has 8 nitrogen and oxygen atoms in total. The van der Waals surface area contributed by atoms with Crippen LogP contribution in [0.5, 0.6) is 5.75 Å². The predicted molar refractivity (Wildman–Crippen MR) is 134 cm³/mol. The fraction of sp³-hybridized carbons (Fsp3) is 0.222. The highest BCUT2D eigenvalue weighted by atomic mass is 19.4. The number of aliphatic carboxylic acids is 1. The number of nitrogens with zero attached hydrogens (tertiary/aromatic N) is 1. The number of piperidine rings is 1. The van der Waals surface area contributed by atoms with E-state index >= 15 is 0 Å². The van der Waals surface area contributed by atoms with Crippen molar-refractivity contribution in [1.82, 2.24) is 4.90 Å². The van der Waals surface area contributed by atoms with Gasteiger partial charge in [0.15, 0.2) is 5.75 Å². The number of halogens is 3. The highest BCUT2D eigenvalue weighted by molar-refractivity contribution is 6.01. The zero-order chi connectivity index (χ0) is 27.3. The third-order valence-electron chi connectivity index (χ3n) is 6.02. The van der Waals surface area contributed by atoms with Crippen molar-refractivity contribution in [2.24, 2.45) is 0 Å². The Morgan fingerprint density at radius 2 is 1.50 bits per heavy atom. The van der Waals surface area contributed by atoms with Crippen molar-refractivity contribution in [2.75, 3.05) is 17.2 Å². The first kappa shape index (κ1) is 26.5. The van der Waals surface area contributed by atoms with Gasteiger partial charge in [-0.05, 0) is 66.8 Å². The summed E-state index contributed by atoms with van der Waals surface area (Å²) in [5, 5.41) is 14.3. The van der Waals surface area contributed by atoms with Gasteiger partial charge in [-0.15, -0.1) is 13.2 Å². The SMILES string of the molecule is O=C(Nc1ccc(-c2ccc(C(=O)N3CCCC[C@H]3C(=O)O)cc2)cc1)Nc1ccccc1OC(F)(F)F. The molecule has 1 fully saturated rings. The lowest BCUT2D eigenvalue weighted by atomic mass is 9.99. The van der Waals surface area contributed by atoms with E-state index in [0.29, 0.717) is 24.2 Å². The lowest BCUT2D eigenvalue weighted by Crippen LogP contribution is -2.47. The molecule has 3 amide bonds. The molecule has 0 bridgehead atoms. The van der Waals surface area contributed by atoms with Crippen molar-refractivity contribution in [3.63, 3.8) is 0 Å². The van der Waals surface area contributed by atoms with Crippen LogP contribution in [0, 0.1) is 0 Å². The molecule has 1 aliphatic rings. The second-order valence-corrected chi connectivity index (χ2v) is 8.63. The monoisotopic (exact) mass is 527 g/mol. The van der Waals surface area contributed by atoms with Crippen LogP contribution in [-0.4, -0.2) is 46.9 Å². The minimum Gasteiger partial charge on any atom is -0.480 e. The number of urea groups is 1. The molecule has 4 rings (SSSR count). The van der Waals surface area contributed by atoms with Crippen molar-refractivity contribution >= 4 is 29.3 Å². The molecule has 11 heteroatoms. The minimum atomic E-state index is -4.90. The van der Waals surface area contributed by atoms with Crippen molar-refractivity contribution in [3.8, 4) is 16.9 Å². The zero-order valence-electron chi connectivity index (χ0n) is 20.0. The van der Waals surface area contributed by atoms with E-state index in [9.17, 15) is 32.7 Å². The van der Waals surface area contributed by atoms with Gasteiger partial charge in [-0.3, -0.25) is 4.79 Å². The molecule has 3 aromatic rings. The molecule has 1 saturated heterocycles. The number of carboxylic acid groups (broad SMARTS) is 1. The molecule has 1 atom stereocenters. The normalized spacial score (nSPS) is 15.4. The Morgan fingerprint density at radius 1 is 0.868 bits per heavy atom. The third kappa shape index (κ3) is 6.61. The average molecular weight is 527 g/mol. The highest BCUT2D eigenvalue weighted by Crippen LogP contribution is 2.30. The Labute approximate surface area is 216 Å². The number of carbonyl (C=O) groups is 3. The van der Waals surface area contributed by atoms with E-state index in [1.54, 1.807) is 48.5 Å². The van der Waals surface area contributed by atoms with Crippen LogP contribution in [0.1, 0.15) is 29.6 Å². The quantitative estimate of drug-likeness (QED) is 0.366. The van der Waals surface area contributed by atoms with Crippen LogP contribution in [0.15, 0.2) is 72.8 Å². The van der Waals surface area contributed by atoms with Crippen molar-refractivity contribution in [3.05, 3.63) is 78.4 Å². The second kappa shape index (κ2) is 11.2. The van der Waals surface area contributed by atoms with E-state index in [-0.39, 0.29) is 11.6 Å². The summed E-state index contributed by atoms with van der Waals surface area (Å²) in [6.07, 6.45) is -2.93. The summed E-state index contributed by atoms with van der Waals surface area (Å²) in [5.74, 6) is -1.86. The Kier molecular flexibility index (Phi) is 7.85. The standard InChI is InChI=1S/C27H24F3N3O5/c28-27(29,30)38-23-7-2-1-5-21(23)32-26(37)31-20-14-12-18(13-15-20)17-8-10-19(11-9-17)24(34)33-16-4-3-6-22(33)25(35)36/h1-2,5,7-15,22H,3-4,6,16H2,(H,35,36)(H2,31,32,37)/t22-/m0/s1. The number of carboxylic acids is 1. The summed E-state index contributed by atoms with van der Waals surface area (Å²) in [6.45, 7) is 0.403. The van der Waals surface area contributed by atoms with E-state index in [2.05, 4.69) is 15.4 Å². The first-order valence-electron chi connectivity index (χ1n) is 11.8. The summed E-state index contributed by atoms with van der Waals surface area (Å²) >= 11 is 0. The number of hydrogen-bond donors (Lipinski definition) is 3. The molecule has 1 heterocycles. The number of likely N-dealkylation sites (tertiary alicyclic amines) is 1. The maximum atomic E-state index is 12.9. The largest absolute Gasteiger partial charge is 0.573 e. The van der Waals surface area contributed by atoms with Crippen LogP contribution in [0.4, 0.5) is 29.3 Å². The fourth-order valence-corrected chi connectivity index (χ4v) is 4.22. The Balaban J connectivity index is 1.39. The molecule has 0 unspecified atom stereocenters. The Hall–Kier alpha value is -4.54. The third-order valence-corrected chi connectivity index (χ3v) is 6.02. The molecular formula is C27H24F3N3O5. The minimum absolute atomic E-state index is 0.146. The summed E-state index contributed by atoms with van der Waals surface area (Å²) < 4.78 is 41.7. The van der Waals surface area contributed by atoms with E-state index in [1.807, 2.05) is 0 Å². The van der Waals surface area contributed by atoms with E-state index < -0.39 is 30.2 Å². The van der Waals surface area contributed by atoms with Gasteiger partial charge in [0.05, 0.1) is 5.69 Å². The zero-order valence-corrected chi connectivity index (χ0v) is 20.0. The van der Waals surface area contributed by atoms with Gasteiger partial charge in [-0.1, -0.05) is 36.4 Å². The van der Waals surface area contributed by atoms with Crippen molar-refractivity contribution in [1.29, 1.82) is 0 Å². The molecule has 3 N–H and O–H groups in total. The van der Waals surface area contributed by atoms with Crippen LogP contribution in [0.3, 0.4) is 0 Å². The molecule has 0 radical (unpaired) electrons. The number of para-hydroxylation sites is 2. The lowest BCUT2D eigenvalue weighted by molar-refractivity contribution is -0.274. The van der Waals surface area contributed by atoms with Gasteiger partial charge in [0.2, 0.25) is 0 Å². The number of nitrogens with one attached hydrogen (secondary N) is 2. The van der Waals surface area contributed by atoms with Gasteiger partial charge in [0.1, 0.15) is 6.04 Å². The molecule has 198 valence electrons. The summed E-state index contributed by atoms with van der Waals surface area (Å²) in [7, 11) is 0. The molecule has 0 spiro atoms. The first-order valence-corrected chi connectivity index (χ1v) is 11.8. The second-order valence-electron chi connectivity index (χ2n) is 8.63. The molecule has 0 aromatic heterocycles. The van der Waals surface area contributed by atoms with E-state index in [1.165, 1.54) is 23.1 Å². The van der Waals surface area contributed by atoms with Crippen molar-refractivity contribution < 1.29 is 37.4 Å². The molecule has 3 aromatic carbocycles. The number of ether oxygens (including phenoxy) is 1. The van der Waals surface area contributed by atoms with Gasteiger partial charge >= 0.3 is 18.4 Å². The predicted octanol–water partition coefficient (Wildman–Crippen LogP) is 5.98. The Morgan fingerprint density at radius 3 is 2.13 bits per heavy atom. The maximum absolute atomic E-state index is 12.9. The number of rotatable bonds is 6. The smallest absolute Gasteiger partial charge is 0.480 e. The van der Waals surface area contributed by atoms with Gasteiger partial charge in [0.25, 0.3) is 5.91 Å². The molecule has 0 aliphatic carbocycles. The highest BCUT2D eigenvalue weighted by Gasteiger charge is 2.33. The fourth-order valence-electron chi connectivity index (χ4n) is 4.22. The van der Waals surface area contributed by atoms with Crippen molar-refractivity contribution in [2.45, 2.75) is 31.7 Å². The number of carbonyl (C=O) groups excluding carboxylic acids is 2. The number of anilines is 2. The molecule has 1 aliphatic heterocycles. The topological polar surface area (TPSA) is 108 Å². The molecule has 0 saturated carbocycles.